The zero-order valence-electron chi connectivity index (χ0n) is 10.2. The molecule has 0 saturated heterocycles. The van der Waals surface area contributed by atoms with Crippen molar-refractivity contribution in [1.82, 2.24) is 4.98 Å². The van der Waals surface area contributed by atoms with Crippen LogP contribution < -0.4 is 4.90 Å². The summed E-state index contributed by atoms with van der Waals surface area (Å²) in [6.07, 6.45) is 1.86. The third-order valence-electron chi connectivity index (χ3n) is 2.58. The Bertz CT molecular complexity index is 369. The summed E-state index contributed by atoms with van der Waals surface area (Å²) in [5.74, 6) is 0.0801. The highest BCUT2D eigenvalue weighted by molar-refractivity contribution is 5.68. The molecule has 1 heterocycles. The molecule has 0 spiro atoms. The van der Waals surface area contributed by atoms with E-state index in [1.165, 1.54) is 0 Å². The van der Waals surface area contributed by atoms with Gasteiger partial charge in [-0.15, -0.1) is 0 Å². The van der Waals surface area contributed by atoms with E-state index < -0.39 is 5.97 Å². The van der Waals surface area contributed by atoms with Crippen molar-refractivity contribution in [2.75, 3.05) is 19.0 Å². The Labute approximate surface area is 95.9 Å². The highest BCUT2D eigenvalue weighted by Gasteiger charge is 2.24. The number of aromatic nitrogens is 1. The van der Waals surface area contributed by atoms with E-state index in [4.69, 9.17) is 5.11 Å². The maximum atomic E-state index is 10.7. The molecule has 0 atom stereocenters. The second kappa shape index (κ2) is 4.51. The van der Waals surface area contributed by atoms with E-state index in [2.05, 4.69) is 4.98 Å². The molecule has 16 heavy (non-hydrogen) atoms. The van der Waals surface area contributed by atoms with E-state index in [0.29, 0.717) is 0 Å². The largest absolute Gasteiger partial charge is 0.481 e. The van der Waals surface area contributed by atoms with Gasteiger partial charge in [-0.2, -0.15) is 0 Å². The molecule has 4 nitrogen and oxygen atoms in total. The molecule has 4 heteroatoms. The first-order valence-corrected chi connectivity index (χ1v) is 5.18. The Kier molecular flexibility index (Phi) is 3.52. The van der Waals surface area contributed by atoms with Gasteiger partial charge in [0.05, 0.1) is 6.42 Å². The van der Waals surface area contributed by atoms with Crippen LogP contribution in [0.5, 0.6) is 0 Å². The highest BCUT2D eigenvalue weighted by atomic mass is 16.4. The molecule has 0 radical (unpaired) electrons. The van der Waals surface area contributed by atoms with Gasteiger partial charge in [0.2, 0.25) is 0 Å². The molecule has 0 bridgehead atoms. The Balaban J connectivity index is 2.92. The van der Waals surface area contributed by atoms with Gasteiger partial charge in [-0.1, -0.05) is 19.9 Å². The van der Waals surface area contributed by atoms with Crippen LogP contribution in [0.25, 0.3) is 0 Å². The van der Waals surface area contributed by atoms with Crippen molar-refractivity contribution in [3.05, 3.63) is 23.9 Å². The van der Waals surface area contributed by atoms with Gasteiger partial charge >= 0.3 is 5.97 Å². The van der Waals surface area contributed by atoms with E-state index in [1.54, 1.807) is 6.20 Å². The number of hydrogen-bond acceptors (Lipinski definition) is 3. The van der Waals surface area contributed by atoms with Crippen molar-refractivity contribution >= 4 is 11.8 Å². The van der Waals surface area contributed by atoms with Crippen LogP contribution in [0.2, 0.25) is 0 Å². The fourth-order valence-corrected chi connectivity index (χ4v) is 1.53. The fraction of sp³-hybridized carbons (Fsp3) is 0.500. The topological polar surface area (TPSA) is 53.4 Å². The molecule has 1 rings (SSSR count). The second-order valence-corrected chi connectivity index (χ2v) is 4.75. The molecular formula is C12H18N2O2. The predicted molar refractivity (Wildman–Crippen MR) is 63.8 cm³/mol. The van der Waals surface area contributed by atoms with E-state index in [-0.39, 0.29) is 11.8 Å². The fourth-order valence-electron chi connectivity index (χ4n) is 1.53. The molecule has 1 aromatic rings. The molecule has 1 aromatic heterocycles. The number of carbonyl (C=O) groups is 1. The van der Waals surface area contributed by atoms with Gasteiger partial charge in [-0.05, 0) is 11.6 Å². The molecule has 1 N–H and O–H groups in total. The normalized spacial score (nSPS) is 11.2. The van der Waals surface area contributed by atoms with Crippen molar-refractivity contribution in [1.29, 1.82) is 0 Å². The monoisotopic (exact) mass is 222 g/mol. The first-order chi connectivity index (χ1) is 7.33. The van der Waals surface area contributed by atoms with Gasteiger partial charge in [-0.25, -0.2) is 4.98 Å². The molecule has 0 unspecified atom stereocenters. The van der Waals surface area contributed by atoms with E-state index in [9.17, 15) is 4.79 Å². The Morgan fingerprint density at radius 1 is 1.44 bits per heavy atom. The lowest BCUT2D eigenvalue weighted by Crippen LogP contribution is -2.22. The average Bonchev–Trinajstić information content (AvgIpc) is 2.16. The maximum Gasteiger partial charge on any atom is 0.304 e. The number of aliphatic carboxylic acids is 1. The smallest absolute Gasteiger partial charge is 0.304 e. The summed E-state index contributed by atoms with van der Waals surface area (Å²) < 4.78 is 0. The quantitative estimate of drug-likeness (QED) is 0.845. The Morgan fingerprint density at radius 2 is 2.06 bits per heavy atom. The average molecular weight is 222 g/mol. The van der Waals surface area contributed by atoms with Crippen molar-refractivity contribution in [3.63, 3.8) is 0 Å². The number of anilines is 1. The lowest BCUT2D eigenvalue weighted by Gasteiger charge is -2.23. The summed E-state index contributed by atoms with van der Waals surface area (Å²) in [6.45, 7) is 3.82. The molecule has 0 aliphatic rings. The van der Waals surface area contributed by atoms with Crippen LogP contribution in [0, 0.1) is 0 Å². The standard InChI is InChI=1S/C12H18N2O2/c1-12(2,7-11(15)16)9-5-6-10(13-8-9)14(3)4/h5-6,8H,7H2,1-4H3,(H,15,16). The molecule has 88 valence electrons. The molecule has 0 fully saturated rings. The summed E-state index contributed by atoms with van der Waals surface area (Å²) in [5, 5.41) is 8.82. The van der Waals surface area contributed by atoms with Crippen molar-refractivity contribution in [2.45, 2.75) is 25.7 Å². The van der Waals surface area contributed by atoms with E-state index >= 15 is 0 Å². The summed E-state index contributed by atoms with van der Waals surface area (Å²) in [4.78, 5) is 16.9. The predicted octanol–water partition coefficient (Wildman–Crippen LogP) is 1.90. The summed E-state index contributed by atoms with van der Waals surface area (Å²) in [6, 6.07) is 3.84. The molecule has 0 aliphatic heterocycles. The van der Waals surface area contributed by atoms with Gasteiger partial charge in [0, 0.05) is 25.7 Å². The van der Waals surface area contributed by atoms with Crippen LogP contribution in [-0.4, -0.2) is 30.2 Å². The zero-order valence-corrected chi connectivity index (χ0v) is 10.2. The van der Waals surface area contributed by atoms with E-state index in [0.717, 1.165) is 11.4 Å². The molecule has 0 aliphatic carbocycles. The van der Waals surface area contributed by atoms with Gasteiger partial charge in [0.15, 0.2) is 0 Å². The van der Waals surface area contributed by atoms with Gasteiger partial charge in [-0.3, -0.25) is 4.79 Å². The maximum absolute atomic E-state index is 10.7. The number of carboxylic acids is 1. The molecule has 0 aromatic carbocycles. The zero-order chi connectivity index (χ0) is 12.3. The van der Waals surface area contributed by atoms with Crippen LogP contribution >= 0.6 is 0 Å². The Morgan fingerprint density at radius 3 is 2.44 bits per heavy atom. The SMILES string of the molecule is CN(C)c1ccc(C(C)(C)CC(=O)O)cn1. The number of nitrogens with zero attached hydrogens (tertiary/aromatic N) is 2. The molecule has 0 saturated carbocycles. The second-order valence-electron chi connectivity index (χ2n) is 4.75. The summed E-state index contributed by atoms with van der Waals surface area (Å²) in [5.41, 5.74) is 0.560. The van der Waals surface area contributed by atoms with E-state index in [1.807, 2.05) is 45.0 Å². The minimum Gasteiger partial charge on any atom is -0.481 e. The van der Waals surface area contributed by atoms with Crippen LogP contribution in [0.15, 0.2) is 18.3 Å². The number of pyridine rings is 1. The van der Waals surface area contributed by atoms with Gasteiger partial charge in [0.25, 0.3) is 0 Å². The van der Waals surface area contributed by atoms with Gasteiger partial charge in [0.1, 0.15) is 5.82 Å². The van der Waals surface area contributed by atoms with Crippen LogP contribution in [0.3, 0.4) is 0 Å². The highest BCUT2D eigenvalue weighted by Crippen LogP contribution is 2.27. The number of hydrogen-bond donors (Lipinski definition) is 1. The van der Waals surface area contributed by atoms with Crippen LogP contribution in [0.1, 0.15) is 25.8 Å². The van der Waals surface area contributed by atoms with Crippen molar-refractivity contribution in [3.8, 4) is 0 Å². The minimum absolute atomic E-state index is 0.107. The lowest BCUT2D eigenvalue weighted by molar-refractivity contribution is -0.138. The summed E-state index contributed by atoms with van der Waals surface area (Å²) >= 11 is 0. The first kappa shape index (κ1) is 12.5. The third kappa shape index (κ3) is 2.95. The Hall–Kier alpha value is -1.58. The van der Waals surface area contributed by atoms with Crippen molar-refractivity contribution < 1.29 is 9.90 Å². The summed E-state index contributed by atoms with van der Waals surface area (Å²) in [7, 11) is 3.84. The minimum atomic E-state index is -0.790. The van der Waals surface area contributed by atoms with Crippen LogP contribution in [-0.2, 0) is 10.2 Å². The van der Waals surface area contributed by atoms with Crippen LogP contribution in [0.4, 0.5) is 5.82 Å². The molecule has 0 amide bonds. The third-order valence-corrected chi connectivity index (χ3v) is 2.58. The number of rotatable bonds is 4. The number of carboxylic acid groups (broad SMARTS) is 1. The van der Waals surface area contributed by atoms with Crippen molar-refractivity contribution in [2.24, 2.45) is 0 Å². The first-order valence-electron chi connectivity index (χ1n) is 5.18. The lowest BCUT2D eigenvalue weighted by atomic mass is 9.82. The molecular weight excluding hydrogens is 204 g/mol. The van der Waals surface area contributed by atoms with Gasteiger partial charge < -0.3 is 10.0 Å².